The van der Waals surface area contributed by atoms with Crippen LogP contribution in [0.5, 0.6) is 5.75 Å². The molecule has 0 radical (unpaired) electrons. The molecule has 1 aromatic carbocycles. The Balaban J connectivity index is 1.89. The summed E-state index contributed by atoms with van der Waals surface area (Å²) in [7, 11) is 0. The summed E-state index contributed by atoms with van der Waals surface area (Å²) < 4.78 is 5.65. The van der Waals surface area contributed by atoms with Gasteiger partial charge in [0.25, 0.3) is 5.91 Å². The standard InChI is InChI=1S/C18H27NO3/c1-13(2)17-7-6-16(9-14(17)3)22-12-18(21)19-8-4-5-15(10-19)11-20/h6-7,9,13,15,20H,4-5,8,10-12H2,1-3H3. The zero-order valence-electron chi connectivity index (χ0n) is 13.8. The predicted molar refractivity (Wildman–Crippen MR) is 87.2 cm³/mol. The fourth-order valence-corrected chi connectivity index (χ4v) is 3.06. The van der Waals surface area contributed by atoms with Crippen molar-refractivity contribution in [2.24, 2.45) is 5.92 Å². The fraction of sp³-hybridized carbons (Fsp3) is 0.611. The molecule has 1 amide bonds. The summed E-state index contributed by atoms with van der Waals surface area (Å²) in [5.41, 5.74) is 2.50. The smallest absolute Gasteiger partial charge is 0.260 e. The number of rotatable bonds is 5. The molecule has 0 aliphatic carbocycles. The molecule has 0 spiro atoms. The molecule has 1 unspecified atom stereocenters. The van der Waals surface area contributed by atoms with E-state index >= 15 is 0 Å². The highest BCUT2D eigenvalue weighted by Crippen LogP contribution is 2.23. The number of benzene rings is 1. The number of aliphatic hydroxyl groups excluding tert-OH is 1. The van der Waals surface area contributed by atoms with Crippen molar-refractivity contribution in [2.75, 3.05) is 26.3 Å². The van der Waals surface area contributed by atoms with Gasteiger partial charge in [-0.2, -0.15) is 0 Å². The first-order chi connectivity index (χ1) is 10.5. The summed E-state index contributed by atoms with van der Waals surface area (Å²) in [6, 6.07) is 6.00. The maximum atomic E-state index is 12.2. The van der Waals surface area contributed by atoms with Gasteiger partial charge in [-0.15, -0.1) is 0 Å². The fourth-order valence-electron chi connectivity index (χ4n) is 3.06. The van der Waals surface area contributed by atoms with Crippen LogP contribution >= 0.6 is 0 Å². The topological polar surface area (TPSA) is 49.8 Å². The maximum absolute atomic E-state index is 12.2. The van der Waals surface area contributed by atoms with Crippen LogP contribution in [-0.4, -0.2) is 42.2 Å². The molecule has 1 aliphatic rings. The summed E-state index contributed by atoms with van der Waals surface area (Å²) in [6.45, 7) is 8.04. The van der Waals surface area contributed by atoms with Gasteiger partial charge >= 0.3 is 0 Å². The van der Waals surface area contributed by atoms with Crippen molar-refractivity contribution in [1.82, 2.24) is 4.90 Å². The Labute approximate surface area is 133 Å². The predicted octanol–water partition coefficient (Wildman–Crippen LogP) is 2.73. The first kappa shape index (κ1) is 16.8. The van der Waals surface area contributed by atoms with Crippen LogP contribution in [0.1, 0.15) is 43.7 Å². The number of piperidine rings is 1. The van der Waals surface area contributed by atoms with E-state index < -0.39 is 0 Å². The van der Waals surface area contributed by atoms with Crippen molar-refractivity contribution < 1.29 is 14.6 Å². The average molecular weight is 305 g/mol. The maximum Gasteiger partial charge on any atom is 0.260 e. The second kappa shape index (κ2) is 7.63. The summed E-state index contributed by atoms with van der Waals surface area (Å²) in [4.78, 5) is 14.0. The number of hydrogen-bond donors (Lipinski definition) is 1. The molecule has 122 valence electrons. The highest BCUT2D eigenvalue weighted by atomic mass is 16.5. The molecule has 22 heavy (non-hydrogen) atoms. The van der Waals surface area contributed by atoms with Crippen LogP contribution in [0.15, 0.2) is 18.2 Å². The molecule has 4 heteroatoms. The van der Waals surface area contributed by atoms with Crippen LogP contribution < -0.4 is 4.74 Å². The molecular formula is C18H27NO3. The third-order valence-electron chi connectivity index (χ3n) is 4.36. The normalized spacial score (nSPS) is 18.6. The minimum atomic E-state index is 0.00346. The highest BCUT2D eigenvalue weighted by Gasteiger charge is 2.23. The van der Waals surface area contributed by atoms with Crippen molar-refractivity contribution in [3.05, 3.63) is 29.3 Å². The van der Waals surface area contributed by atoms with E-state index in [1.54, 1.807) is 4.90 Å². The van der Waals surface area contributed by atoms with E-state index in [0.717, 1.165) is 25.1 Å². The third kappa shape index (κ3) is 4.23. The van der Waals surface area contributed by atoms with Gasteiger partial charge in [0.2, 0.25) is 0 Å². The Morgan fingerprint density at radius 3 is 2.86 bits per heavy atom. The number of aliphatic hydroxyl groups is 1. The van der Waals surface area contributed by atoms with Gasteiger partial charge < -0.3 is 14.7 Å². The molecule has 1 fully saturated rings. The number of nitrogens with zero attached hydrogens (tertiary/aromatic N) is 1. The second-order valence-corrected chi connectivity index (χ2v) is 6.49. The molecule has 1 heterocycles. The van der Waals surface area contributed by atoms with E-state index in [1.807, 2.05) is 12.1 Å². The van der Waals surface area contributed by atoms with Gasteiger partial charge in [0.15, 0.2) is 6.61 Å². The van der Waals surface area contributed by atoms with Crippen LogP contribution in [0.2, 0.25) is 0 Å². The SMILES string of the molecule is Cc1cc(OCC(=O)N2CCCC(CO)C2)ccc1C(C)C. The van der Waals surface area contributed by atoms with E-state index in [9.17, 15) is 9.90 Å². The molecule has 1 aromatic rings. The van der Waals surface area contributed by atoms with Crippen molar-refractivity contribution >= 4 is 5.91 Å². The molecule has 2 rings (SSSR count). The lowest BCUT2D eigenvalue weighted by molar-refractivity contribution is -0.135. The molecule has 4 nitrogen and oxygen atoms in total. The quantitative estimate of drug-likeness (QED) is 0.910. The lowest BCUT2D eigenvalue weighted by Crippen LogP contribution is -2.43. The van der Waals surface area contributed by atoms with Gasteiger partial charge in [-0.05, 0) is 54.9 Å². The monoisotopic (exact) mass is 305 g/mol. The Morgan fingerprint density at radius 2 is 2.23 bits per heavy atom. The summed E-state index contributed by atoms with van der Waals surface area (Å²) in [5.74, 6) is 1.44. The minimum absolute atomic E-state index is 0.00346. The highest BCUT2D eigenvalue weighted by molar-refractivity contribution is 5.77. The Morgan fingerprint density at radius 1 is 1.45 bits per heavy atom. The van der Waals surface area contributed by atoms with E-state index in [0.29, 0.717) is 12.5 Å². The van der Waals surface area contributed by atoms with E-state index in [1.165, 1.54) is 11.1 Å². The van der Waals surface area contributed by atoms with Crippen LogP contribution in [0, 0.1) is 12.8 Å². The number of likely N-dealkylation sites (tertiary alicyclic amines) is 1. The first-order valence-electron chi connectivity index (χ1n) is 8.13. The Hall–Kier alpha value is -1.55. The Kier molecular flexibility index (Phi) is 5.83. The van der Waals surface area contributed by atoms with Gasteiger partial charge in [0.05, 0.1) is 0 Å². The minimum Gasteiger partial charge on any atom is -0.484 e. The summed E-state index contributed by atoms with van der Waals surface area (Å²) in [6.07, 6.45) is 1.95. The van der Waals surface area contributed by atoms with E-state index in [2.05, 4.69) is 26.8 Å². The van der Waals surface area contributed by atoms with Crippen LogP contribution in [0.25, 0.3) is 0 Å². The molecule has 1 N–H and O–H groups in total. The molecule has 0 aromatic heterocycles. The van der Waals surface area contributed by atoms with Gasteiger partial charge in [0.1, 0.15) is 5.75 Å². The molecule has 0 bridgehead atoms. The number of amides is 1. The number of hydrogen-bond acceptors (Lipinski definition) is 3. The first-order valence-corrected chi connectivity index (χ1v) is 8.13. The molecule has 1 atom stereocenters. The molecule has 1 aliphatic heterocycles. The number of carbonyl (C=O) groups is 1. The largest absolute Gasteiger partial charge is 0.484 e. The summed E-state index contributed by atoms with van der Waals surface area (Å²) >= 11 is 0. The van der Waals surface area contributed by atoms with Crippen molar-refractivity contribution in [3.8, 4) is 5.75 Å². The van der Waals surface area contributed by atoms with Crippen LogP contribution in [0.4, 0.5) is 0 Å². The van der Waals surface area contributed by atoms with Gasteiger partial charge in [0, 0.05) is 19.7 Å². The van der Waals surface area contributed by atoms with Crippen molar-refractivity contribution in [2.45, 2.75) is 39.5 Å². The number of carbonyl (C=O) groups excluding carboxylic acids is 1. The summed E-state index contributed by atoms with van der Waals surface area (Å²) in [5, 5.41) is 9.23. The lowest BCUT2D eigenvalue weighted by atomic mass is 9.98. The van der Waals surface area contributed by atoms with Gasteiger partial charge in [-0.25, -0.2) is 0 Å². The molecule has 1 saturated heterocycles. The molecule has 0 saturated carbocycles. The Bertz CT molecular complexity index is 513. The van der Waals surface area contributed by atoms with Gasteiger partial charge in [-0.3, -0.25) is 4.79 Å². The number of aryl methyl sites for hydroxylation is 1. The second-order valence-electron chi connectivity index (χ2n) is 6.49. The average Bonchev–Trinajstić information content (AvgIpc) is 2.52. The van der Waals surface area contributed by atoms with Crippen molar-refractivity contribution in [1.29, 1.82) is 0 Å². The van der Waals surface area contributed by atoms with E-state index in [4.69, 9.17) is 4.74 Å². The van der Waals surface area contributed by atoms with Crippen LogP contribution in [-0.2, 0) is 4.79 Å². The molecular weight excluding hydrogens is 278 g/mol. The van der Waals surface area contributed by atoms with Crippen LogP contribution in [0.3, 0.4) is 0 Å². The van der Waals surface area contributed by atoms with Crippen molar-refractivity contribution in [3.63, 3.8) is 0 Å². The third-order valence-corrected chi connectivity index (χ3v) is 4.36. The zero-order chi connectivity index (χ0) is 16.1. The number of ether oxygens (including phenoxy) is 1. The lowest BCUT2D eigenvalue weighted by Gasteiger charge is -2.31. The zero-order valence-corrected chi connectivity index (χ0v) is 13.8. The van der Waals surface area contributed by atoms with E-state index in [-0.39, 0.29) is 25.0 Å². The van der Waals surface area contributed by atoms with Gasteiger partial charge in [-0.1, -0.05) is 19.9 Å².